The van der Waals surface area contributed by atoms with Crippen molar-refractivity contribution < 1.29 is 19.4 Å². The molecule has 0 spiro atoms. The lowest BCUT2D eigenvalue weighted by molar-refractivity contribution is 0.0697. The maximum Gasteiger partial charge on any atom is 0.335 e. The Bertz CT molecular complexity index is 1010. The van der Waals surface area contributed by atoms with Gasteiger partial charge in [0.15, 0.2) is 11.5 Å². The maximum absolute atomic E-state index is 11.1. The lowest BCUT2D eigenvalue weighted by Crippen LogP contribution is -2.04. The number of carboxylic acids is 1. The Morgan fingerprint density at radius 3 is 2.45 bits per heavy atom. The van der Waals surface area contributed by atoms with E-state index in [0.29, 0.717) is 40.4 Å². The Kier molecular flexibility index (Phi) is 6.86. The Morgan fingerprint density at radius 1 is 1.00 bits per heavy atom. The van der Waals surface area contributed by atoms with Gasteiger partial charge in [0.25, 0.3) is 0 Å². The number of ether oxygens (including phenoxy) is 2. The molecule has 0 aliphatic heterocycles. The number of carboxylic acid groups (broad SMARTS) is 1. The van der Waals surface area contributed by atoms with Crippen molar-refractivity contribution in [2.24, 2.45) is 0 Å². The molecule has 0 unspecified atom stereocenters. The molecule has 0 radical (unpaired) electrons. The van der Waals surface area contributed by atoms with Gasteiger partial charge in [0.1, 0.15) is 6.61 Å². The second-order valence-electron chi connectivity index (χ2n) is 6.24. The number of rotatable bonds is 8. The third-order valence-corrected chi connectivity index (χ3v) is 4.82. The van der Waals surface area contributed by atoms with E-state index in [1.54, 1.807) is 19.2 Å². The van der Waals surface area contributed by atoms with Crippen molar-refractivity contribution in [1.82, 2.24) is 0 Å². The minimum Gasteiger partial charge on any atom is -0.493 e. The molecule has 0 bridgehead atoms. The molecule has 2 N–H and O–H groups in total. The first kappa shape index (κ1) is 20.8. The molecule has 3 rings (SSSR count). The highest BCUT2D eigenvalue weighted by molar-refractivity contribution is 6.33. The molecular weight excluding hydrogens is 413 g/mol. The predicted octanol–water partition coefficient (Wildman–Crippen LogP) is 5.89. The maximum atomic E-state index is 11.1. The quantitative estimate of drug-likeness (QED) is 0.465. The number of methoxy groups -OCH3 is 1. The zero-order valence-electron chi connectivity index (χ0n) is 15.6. The number of benzene rings is 3. The van der Waals surface area contributed by atoms with Gasteiger partial charge in [-0.15, -0.1) is 0 Å². The molecule has 0 fully saturated rings. The summed E-state index contributed by atoms with van der Waals surface area (Å²) in [5.41, 5.74) is 2.52. The van der Waals surface area contributed by atoms with Gasteiger partial charge in [-0.2, -0.15) is 0 Å². The monoisotopic (exact) mass is 431 g/mol. The van der Waals surface area contributed by atoms with Crippen molar-refractivity contribution in [3.8, 4) is 11.5 Å². The largest absolute Gasteiger partial charge is 0.493 e. The molecule has 3 aromatic carbocycles. The number of hydrogen-bond donors (Lipinski definition) is 2. The van der Waals surface area contributed by atoms with Crippen LogP contribution in [0.1, 0.15) is 21.5 Å². The Hall–Kier alpha value is -2.89. The third kappa shape index (κ3) is 5.34. The van der Waals surface area contributed by atoms with Crippen LogP contribution >= 0.6 is 23.2 Å². The van der Waals surface area contributed by atoms with Gasteiger partial charge >= 0.3 is 5.97 Å². The van der Waals surface area contributed by atoms with Crippen LogP contribution in [0.3, 0.4) is 0 Å². The van der Waals surface area contributed by atoms with E-state index >= 15 is 0 Å². The van der Waals surface area contributed by atoms with Gasteiger partial charge in [-0.25, -0.2) is 4.79 Å². The van der Waals surface area contributed by atoms with Crippen molar-refractivity contribution in [3.63, 3.8) is 0 Å². The van der Waals surface area contributed by atoms with Gasteiger partial charge in [-0.05, 0) is 41.5 Å². The fourth-order valence-electron chi connectivity index (χ4n) is 2.74. The summed E-state index contributed by atoms with van der Waals surface area (Å²) in [7, 11) is 1.55. The van der Waals surface area contributed by atoms with E-state index < -0.39 is 5.97 Å². The van der Waals surface area contributed by atoms with Crippen molar-refractivity contribution in [3.05, 3.63) is 87.4 Å². The van der Waals surface area contributed by atoms with E-state index in [1.807, 2.05) is 36.4 Å². The van der Waals surface area contributed by atoms with Crippen LogP contribution in [0.25, 0.3) is 0 Å². The minimum atomic E-state index is -1.02. The summed E-state index contributed by atoms with van der Waals surface area (Å²) in [5, 5.41) is 13.1. The van der Waals surface area contributed by atoms with E-state index in [4.69, 9.17) is 37.8 Å². The van der Waals surface area contributed by atoms with Crippen LogP contribution in [-0.2, 0) is 13.2 Å². The minimum absolute atomic E-state index is 0.150. The molecule has 0 aliphatic rings. The molecule has 0 saturated heterocycles. The number of hydrogen-bond acceptors (Lipinski definition) is 4. The standard InChI is InChI=1S/C22H19Cl2NO4/c1-28-20-10-15(12-25-19-11-16(22(26)27)7-8-17(19)23)9-18(24)21(20)29-13-14-5-3-2-4-6-14/h2-11,25H,12-13H2,1H3,(H,26,27). The van der Waals surface area contributed by atoms with Crippen LogP contribution in [0, 0.1) is 0 Å². The van der Waals surface area contributed by atoms with Gasteiger partial charge in [0.05, 0.1) is 28.4 Å². The average Bonchev–Trinajstić information content (AvgIpc) is 2.72. The second-order valence-corrected chi connectivity index (χ2v) is 7.05. The van der Waals surface area contributed by atoms with Gasteiger partial charge in [0, 0.05) is 6.54 Å². The zero-order chi connectivity index (χ0) is 20.8. The topological polar surface area (TPSA) is 67.8 Å². The first-order chi connectivity index (χ1) is 14.0. The molecule has 150 valence electrons. The van der Waals surface area contributed by atoms with Gasteiger partial charge in [0.2, 0.25) is 0 Å². The Balaban J connectivity index is 1.75. The van der Waals surface area contributed by atoms with Gasteiger partial charge in [-0.1, -0.05) is 53.5 Å². The van der Waals surface area contributed by atoms with Gasteiger partial charge in [-0.3, -0.25) is 0 Å². The Morgan fingerprint density at radius 2 is 1.76 bits per heavy atom. The smallest absolute Gasteiger partial charge is 0.335 e. The molecule has 5 nitrogen and oxygen atoms in total. The van der Waals surface area contributed by atoms with E-state index in [9.17, 15) is 4.79 Å². The van der Waals surface area contributed by atoms with Crippen LogP contribution in [0.4, 0.5) is 5.69 Å². The van der Waals surface area contributed by atoms with Crippen LogP contribution in [0.2, 0.25) is 10.0 Å². The summed E-state index contributed by atoms with van der Waals surface area (Å²) in [6, 6.07) is 17.8. The fraction of sp³-hybridized carbons (Fsp3) is 0.136. The van der Waals surface area contributed by atoms with Crippen LogP contribution in [0.15, 0.2) is 60.7 Å². The van der Waals surface area contributed by atoms with E-state index in [2.05, 4.69) is 5.32 Å². The average molecular weight is 432 g/mol. The lowest BCUT2D eigenvalue weighted by atomic mass is 10.1. The van der Waals surface area contributed by atoms with Crippen molar-refractivity contribution in [2.45, 2.75) is 13.2 Å². The molecule has 3 aromatic rings. The third-order valence-electron chi connectivity index (χ3n) is 4.21. The van der Waals surface area contributed by atoms with Crippen molar-refractivity contribution >= 4 is 34.9 Å². The summed E-state index contributed by atoms with van der Waals surface area (Å²) < 4.78 is 11.3. The van der Waals surface area contributed by atoms with Crippen molar-refractivity contribution in [2.75, 3.05) is 12.4 Å². The van der Waals surface area contributed by atoms with Gasteiger partial charge < -0.3 is 19.9 Å². The van der Waals surface area contributed by atoms with E-state index in [0.717, 1.165) is 11.1 Å². The molecule has 29 heavy (non-hydrogen) atoms. The molecule has 0 amide bonds. The fourth-order valence-corrected chi connectivity index (χ4v) is 3.21. The van der Waals surface area contributed by atoms with E-state index in [1.165, 1.54) is 12.1 Å². The molecular formula is C22H19Cl2NO4. The first-order valence-corrected chi connectivity index (χ1v) is 9.53. The summed E-state index contributed by atoms with van der Waals surface area (Å²) in [6.45, 7) is 0.740. The molecule has 0 atom stereocenters. The first-order valence-electron chi connectivity index (χ1n) is 8.77. The number of aromatic carboxylic acids is 1. The molecule has 7 heteroatoms. The number of anilines is 1. The SMILES string of the molecule is COc1cc(CNc2cc(C(=O)O)ccc2Cl)cc(Cl)c1OCc1ccccc1. The highest BCUT2D eigenvalue weighted by Crippen LogP contribution is 2.37. The highest BCUT2D eigenvalue weighted by Gasteiger charge is 2.13. The summed E-state index contributed by atoms with van der Waals surface area (Å²) in [4.78, 5) is 11.1. The lowest BCUT2D eigenvalue weighted by Gasteiger charge is -2.15. The molecule has 0 aromatic heterocycles. The van der Waals surface area contributed by atoms with Crippen LogP contribution in [0.5, 0.6) is 11.5 Å². The number of carbonyl (C=O) groups is 1. The predicted molar refractivity (Wildman–Crippen MR) is 115 cm³/mol. The molecule has 0 aliphatic carbocycles. The normalized spacial score (nSPS) is 10.4. The number of halogens is 2. The zero-order valence-corrected chi connectivity index (χ0v) is 17.1. The molecule has 0 heterocycles. The Labute approximate surface area is 178 Å². The number of nitrogens with one attached hydrogen (secondary N) is 1. The highest BCUT2D eigenvalue weighted by atomic mass is 35.5. The van der Waals surface area contributed by atoms with Crippen LogP contribution < -0.4 is 14.8 Å². The second kappa shape index (κ2) is 9.54. The molecule has 0 saturated carbocycles. The summed E-state index contributed by atoms with van der Waals surface area (Å²) in [5.74, 6) is -0.0439. The van der Waals surface area contributed by atoms with Crippen molar-refractivity contribution in [1.29, 1.82) is 0 Å². The van der Waals surface area contributed by atoms with E-state index in [-0.39, 0.29) is 5.56 Å². The summed E-state index contributed by atoms with van der Waals surface area (Å²) >= 11 is 12.6. The summed E-state index contributed by atoms with van der Waals surface area (Å²) in [6.07, 6.45) is 0. The van der Waals surface area contributed by atoms with Crippen LogP contribution in [-0.4, -0.2) is 18.2 Å².